The SMILES string of the molecule is CCn1ncnc1CC(=O)C1(c2ccccc2)CC1. The highest BCUT2D eigenvalue weighted by Gasteiger charge is 2.50. The van der Waals surface area contributed by atoms with E-state index in [0.29, 0.717) is 6.42 Å². The minimum atomic E-state index is -0.258. The van der Waals surface area contributed by atoms with Crippen molar-refractivity contribution < 1.29 is 4.79 Å². The first-order valence-corrected chi connectivity index (χ1v) is 6.72. The van der Waals surface area contributed by atoms with Gasteiger partial charge in [0.1, 0.15) is 12.2 Å². The molecule has 0 amide bonds. The molecule has 1 aromatic carbocycles. The van der Waals surface area contributed by atoms with Crippen molar-refractivity contribution in [3.8, 4) is 0 Å². The summed E-state index contributed by atoms with van der Waals surface area (Å²) in [6.45, 7) is 2.76. The highest BCUT2D eigenvalue weighted by molar-refractivity contribution is 5.94. The summed E-state index contributed by atoms with van der Waals surface area (Å²) in [6.07, 6.45) is 3.81. The van der Waals surface area contributed by atoms with Gasteiger partial charge in [0.25, 0.3) is 0 Å². The van der Waals surface area contributed by atoms with Crippen LogP contribution in [-0.4, -0.2) is 20.5 Å². The molecular weight excluding hydrogens is 238 g/mol. The third-order valence-corrected chi connectivity index (χ3v) is 3.92. The van der Waals surface area contributed by atoms with Crippen molar-refractivity contribution >= 4 is 5.78 Å². The Morgan fingerprint density at radius 3 is 2.68 bits per heavy atom. The van der Waals surface area contributed by atoms with Crippen LogP contribution in [0.15, 0.2) is 36.7 Å². The number of carbonyl (C=O) groups excluding carboxylic acids is 1. The van der Waals surface area contributed by atoms with E-state index in [2.05, 4.69) is 22.2 Å². The van der Waals surface area contributed by atoms with Gasteiger partial charge in [0.05, 0.1) is 11.8 Å². The molecule has 2 aromatic rings. The number of Topliss-reactive ketones (excluding diaryl/α,β-unsaturated/α-hetero) is 1. The smallest absolute Gasteiger partial charge is 0.150 e. The molecule has 0 atom stereocenters. The van der Waals surface area contributed by atoms with E-state index in [9.17, 15) is 4.79 Å². The molecule has 0 aliphatic heterocycles. The molecule has 1 heterocycles. The number of hydrogen-bond donors (Lipinski definition) is 0. The van der Waals surface area contributed by atoms with Gasteiger partial charge in [-0.05, 0) is 25.3 Å². The van der Waals surface area contributed by atoms with Crippen LogP contribution in [0.3, 0.4) is 0 Å². The zero-order valence-electron chi connectivity index (χ0n) is 11.0. The summed E-state index contributed by atoms with van der Waals surface area (Å²) in [7, 11) is 0. The van der Waals surface area contributed by atoms with E-state index in [1.165, 1.54) is 6.33 Å². The monoisotopic (exact) mass is 255 g/mol. The Balaban J connectivity index is 1.82. The van der Waals surface area contributed by atoms with Gasteiger partial charge in [-0.15, -0.1) is 0 Å². The number of nitrogens with zero attached hydrogens (tertiary/aromatic N) is 3. The molecule has 98 valence electrons. The fourth-order valence-corrected chi connectivity index (χ4v) is 2.61. The molecule has 4 nitrogen and oxygen atoms in total. The fourth-order valence-electron chi connectivity index (χ4n) is 2.61. The Kier molecular flexibility index (Phi) is 2.93. The van der Waals surface area contributed by atoms with E-state index < -0.39 is 0 Å². The van der Waals surface area contributed by atoms with Gasteiger partial charge in [-0.3, -0.25) is 4.79 Å². The van der Waals surface area contributed by atoms with Gasteiger partial charge in [0.2, 0.25) is 0 Å². The summed E-state index contributed by atoms with van der Waals surface area (Å²) in [4.78, 5) is 16.8. The lowest BCUT2D eigenvalue weighted by Crippen LogP contribution is -2.24. The van der Waals surface area contributed by atoms with E-state index >= 15 is 0 Å². The van der Waals surface area contributed by atoms with Gasteiger partial charge in [0.15, 0.2) is 5.78 Å². The van der Waals surface area contributed by atoms with Gasteiger partial charge in [-0.25, -0.2) is 9.67 Å². The van der Waals surface area contributed by atoms with Gasteiger partial charge in [-0.2, -0.15) is 5.10 Å². The second-order valence-electron chi connectivity index (χ2n) is 5.04. The average Bonchev–Trinajstić information content (AvgIpc) is 3.15. The maximum Gasteiger partial charge on any atom is 0.150 e. The van der Waals surface area contributed by atoms with Gasteiger partial charge < -0.3 is 0 Å². The Morgan fingerprint density at radius 2 is 2.05 bits per heavy atom. The van der Waals surface area contributed by atoms with Gasteiger partial charge >= 0.3 is 0 Å². The van der Waals surface area contributed by atoms with Crippen LogP contribution < -0.4 is 0 Å². The minimum absolute atomic E-state index is 0.258. The topological polar surface area (TPSA) is 47.8 Å². The second kappa shape index (κ2) is 4.61. The van der Waals surface area contributed by atoms with Crippen LogP contribution in [0.1, 0.15) is 31.2 Å². The molecule has 1 aromatic heterocycles. The van der Waals surface area contributed by atoms with Crippen molar-refractivity contribution in [3.63, 3.8) is 0 Å². The van der Waals surface area contributed by atoms with Crippen molar-refractivity contribution in [3.05, 3.63) is 48.0 Å². The van der Waals surface area contributed by atoms with Crippen LogP contribution >= 0.6 is 0 Å². The molecule has 1 fully saturated rings. The molecule has 1 aliphatic rings. The third-order valence-electron chi connectivity index (χ3n) is 3.92. The first-order valence-electron chi connectivity index (χ1n) is 6.72. The van der Waals surface area contributed by atoms with Crippen molar-refractivity contribution in [2.45, 2.75) is 38.1 Å². The highest BCUT2D eigenvalue weighted by Crippen LogP contribution is 2.49. The Morgan fingerprint density at radius 1 is 1.32 bits per heavy atom. The molecule has 19 heavy (non-hydrogen) atoms. The lowest BCUT2D eigenvalue weighted by Gasteiger charge is -2.14. The maximum atomic E-state index is 12.6. The summed E-state index contributed by atoms with van der Waals surface area (Å²) in [5.74, 6) is 1.04. The molecule has 3 rings (SSSR count). The summed E-state index contributed by atoms with van der Waals surface area (Å²) in [5, 5.41) is 4.12. The lowest BCUT2D eigenvalue weighted by molar-refractivity contribution is -0.121. The third kappa shape index (κ3) is 2.07. The minimum Gasteiger partial charge on any atom is -0.298 e. The summed E-state index contributed by atoms with van der Waals surface area (Å²) < 4.78 is 1.79. The first kappa shape index (κ1) is 12.1. The molecule has 0 saturated heterocycles. The molecule has 0 radical (unpaired) electrons. The van der Waals surface area contributed by atoms with Crippen LogP contribution in [-0.2, 0) is 23.2 Å². The number of hydrogen-bond acceptors (Lipinski definition) is 3. The predicted molar refractivity (Wildman–Crippen MR) is 71.8 cm³/mol. The fraction of sp³-hybridized carbons (Fsp3) is 0.400. The zero-order valence-corrected chi connectivity index (χ0v) is 11.0. The average molecular weight is 255 g/mol. The van der Waals surface area contributed by atoms with Gasteiger partial charge in [0, 0.05) is 6.54 Å². The van der Waals surface area contributed by atoms with E-state index in [0.717, 1.165) is 30.8 Å². The van der Waals surface area contributed by atoms with Crippen molar-refractivity contribution in [1.29, 1.82) is 0 Å². The molecule has 0 spiro atoms. The van der Waals surface area contributed by atoms with Crippen LogP contribution in [0.4, 0.5) is 0 Å². The van der Waals surface area contributed by atoms with E-state index in [1.807, 2.05) is 25.1 Å². The largest absolute Gasteiger partial charge is 0.298 e. The predicted octanol–water partition coefficient (Wildman–Crippen LogP) is 2.14. The van der Waals surface area contributed by atoms with Gasteiger partial charge in [-0.1, -0.05) is 30.3 Å². The molecule has 1 saturated carbocycles. The Hall–Kier alpha value is -1.97. The molecule has 0 unspecified atom stereocenters. The standard InChI is InChI=1S/C15H17N3O/c1-2-18-14(16-11-17-18)10-13(19)15(8-9-15)12-6-4-3-5-7-12/h3-7,11H,2,8-10H2,1H3. The second-order valence-corrected chi connectivity index (χ2v) is 5.04. The molecule has 4 heteroatoms. The quantitative estimate of drug-likeness (QED) is 0.822. The molecule has 0 N–H and O–H groups in total. The summed E-state index contributed by atoms with van der Waals surface area (Å²) in [6, 6.07) is 10.1. The molecular formula is C15H17N3O. The zero-order chi connectivity index (χ0) is 13.3. The molecule has 1 aliphatic carbocycles. The van der Waals surface area contributed by atoms with Crippen LogP contribution in [0.25, 0.3) is 0 Å². The van der Waals surface area contributed by atoms with Crippen LogP contribution in [0.2, 0.25) is 0 Å². The van der Waals surface area contributed by atoms with Crippen molar-refractivity contribution in [2.24, 2.45) is 0 Å². The number of aryl methyl sites for hydroxylation is 1. The number of benzene rings is 1. The highest BCUT2D eigenvalue weighted by atomic mass is 16.1. The van der Waals surface area contributed by atoms with Crippen LogP contribution in [0, 0.1) is 0 Å². The van der Waals surface area contributed by atoms with E-state index in [4.69, 9.17) is 0 Å². The number of carbonyl (C=O) groups is 1. The van der Waals surface area contributed by atoms with Crippen molar-refractivity contribution in [1.82, 2.24) is 14.8 Å². The normalized spacial score (nSPS) is 16.3. The molecule has 0 bridgehead atoms. The lowest BCUT2D eigenvalue weighted by atomic mass is 9.89. The van der Waals surface area contributed by atoms with E-state index in [1.54, 1.807) is 4.68 Å². The van der Waals surface area contributed by atoms with E-state index in [-0.39, 0.29) is 11.2 Å². The Bertz CT molecular complexity index is 584. The maximum absolute atomic E-state index is 12.6. The summed E-state index contributed by atoms with van der Waals surface area (Å²) >= 11 is 0. The number of aromatic nitrogens is 3. The summed E-state index contributed by atoms with van der Waals surface area (Å²) in [5.41, 5.74) is 0.883. The number of ketones is 1. The van der Waals surface area contributed by atoms with Crippen molar-refractivity contribution in [2.75, 3.05) is 0 Å². The first-order chi connectivity index (χ1) is 9.26. The Labute approximate surface area is 112 Å². The number of rotatable bonds is 5. The van der Waals surface area contributed by atoms with Crippen LogP contribution in [0.5, 0.6) is 0 Å².